The highest BCUT2D eigenvalue weighted by molar-refractivity contribution is 7.15. The number of hydrogen-bond acceptors (Lipinski definition) is 3. The summed E-state index contributed by atoms with van der Waals surface area (Å²) in [4.78, 5) is 8.23. The molecule has 0 amide bonds. The Bertz CT molecular complexity index is 552. The van der Waals surface area contributed by atoms with Crippen LogP contribution in [0, 0.1) is 11.8 Å². The molecule has 0 aliphatic carbocycles. The fourth-order valence-electron chi connectivity index (χ4n) is 2.98. The van der Waals surface area contributed by atoms with E-state index in [1.54, 1.807) is 11.3 Å². The van der Waals surface area contributed by atoms with E-state index in [0.29, 0.717) is 5.88 Å². The third-order valence-electron chi connectivity index (χ3n) is 4.25. The minimum atomic E-state index is 0.525. The third-order valence-corrected chi connectivity index (χ3v) is 5.26. The van der Waals surface area contributed by atoms with Crippen molar-refractivity contribution < 1.29 is 0 Å². The van der Waals surface area contributed by atoms with Crippen LogP contribution in [0.15, 0.2) is 11.6 Å². The van der Waals surface area contributed by atoms with Crippen molar-refractivity contribution in [3.05, 3.63) is 17.3 Å². The lowest BCUT2D eigenvalue weighted by molar-refractivity contribution is 0.310. The molecule has 0 unspecified atom stereocenters. The third kappa shape index (κ3) is 2.36. The number of aromatic nitrogens is 2. The topological polar surface area (TPSA) is 20.5 Å². The average Bonchev–Trinajstić information content (AvgIpc) is 2.98. The van der Waals surface area contributed by atoms with Crippen molar-refractivity contribution in [2.75, 3.05) is 18.0 Å². The van der Waals surface area contributed by atoms with Gasteiger partial charge in [-0.1, -0.05) is 13.8 Å². The Morgan fingerprint density at radius 1 is 1.42 bits per heavy atom. The van der Waals surface area contributed by atoms with Gasteiger partial charge < -0.3 is 4.90 Å². The predicted molar refractivity (Wildman–Crippen MR) is 82.4 cm³/mol. The van der Waals surface area contributed by atoms with Crippen LogP contribution < -0.4 is 4.90 Å². The molecule has 5 heteroatoms. The van der Waals surface area contributed by atoms with Gasteiger partial charge in [0.25, 0.3) is 0 Å². The smallest absolute Gasteiger partial charge is 0.195 e. The number of alkyl halides is 1. The van der Waals surface area contributed by atoms with Gasteiger partial charge in [-0.05, 0) is 24.7 Å². The summed E-state index contributed by atoms with van der Waals surface area (Å²) in [6, 6.07) is 0. The molecule has 3 rings (SSSR count). The second-order valence-corrected chi connectivity index (χ2v) is 6.78. The molecule has 3 heterocycles. The zero-order valence-corrected chi connectivity index (χ0v) is 13.0. The van der Waals surface area contributed by atoms with Crippen LogP contribution in [0.2, 0.25) is 0 Å². The standard InChI is InChI=1S/C14H20ClN3S/c1-10(2)11-3-5-17(6-4-11)13-12(9-15)18-7-8-19-14(18)16-13/h7-8,10-11H,3-6,9H2,1-2H3. The number of thiazole rings is 1. The van der Waals surface area contributed by atoms with Crippen molar-refractivity contribution in [1.29, 1.82) is 0 Å². The van der Waals surface area contributed by atoms with Crippen LogP contribution in [0.3, 0.4) is 0 Å². The summed E-state index contributed by atoms with van der Waals surface area (Å²) in [6.07, 6.45) is 4.60. The molecular formula is C14H20ClN3S. The molecule has 19 heavy (non-hydrogen) atoms. The Balaban J connectivity index is 1.83. The maximum atomic E-state index is 6.12. The van der Waals surface area contributed by atoms with Gasteiger partial charge in [-0.25, -0.2) is 4.98 Å². The van der Waals surface area contributed by atoms with Crippen LogP contribution >= 0.6 is 22.9 Å². The zero-order chi connectivity index (χ0) is 13.4. The summed E-state index contributed by atoms with van der Waals surface area (Å²) in [5.74, 6) is 3.28. The second-order valence-electron chi connectivity index (χ2n) is 5.64. The molecule has 0 aromatic carbocycles. The number of rotatable bonds is 3. The lowest BCUT2D eigenvalue weighted by atomic mass is 9.87. The minimum Gasteiger partial charge on any atom is -0.355 e. The maximum Gasteiger partial charge on any atom is 0.195 e. The first-order chi connectivity index (χ1) is 9.20. The minimum absolute atomic E-state index is 0.525. The molecule has 0 N–H and O–H groups in total. The summed E-state index contributed by atoms with van der Waals surface area (Å²) in [6.45, 7) is 6.88. The molecule has 1 fully saturated rings. The Hall–Kier alpha value is -0.740. The van der Waals surface area contributed by atoms with Crippen molar-refractivity contribution in [2.45, 2.75) is 32.6 Å². The van der Waals surface area contributed by atoms with Crippen molar-refractivity contribution in [3.63, 3.8) is 0 Å². The Morgan fingerprint density at radius 2 is 2.16 bits per heavy atom. The molecule has 0 spiro atoms. The van der Waals surface area contributed by atoms with E-state index in [1.165, 1.54) is 12.8 Å². The van der Waals surface area contributed by atoms with E-state index >= 15 is 0 Å². The number of nitrogens with zero attached hydrogens (tertiary/aromatic N) is 3. The first-order valence-electron chi connectivity index (χ1n) is 6.96. The fraction of sp³-hybridized carbons (Fsp3) is 0.643. The Morgan fingerprint density at radius 3 is 2.79 bits per heavy atom. The van der Waals surface area contributed by atoms with Gasteiger partial charge in [-0.2, -0.15) is 0 Å². The van der Waals surface area contributed by atoms with Crippen LogP contribution in [-0.2, 0) is 5.88 Å². The molecule has 0 atom stereocenters. The van der Waals surface area contributed by atoms with Crippen molar-refractivity contribution >= 4 is 33.7 Å². The molecule has 0 bridgehead atoms. The molecular weight excluding hydrogens is 278 g/mol. The number of fused-ring (bicyclic) bond motifs is 1. The highest BCUT2D eigenvalue weighted by atomic mass is 35.5. The van der Waals surface area contributed by atoms with E-state index < -0.39 is 0 Å². The molecule has 1 aliphatic heterocycles. The first-order valence-corrected chi connectivity index (χ1v) is 8.37. The van der Waals surface area contributed by atoms with E-state index in [1.807, 2.05) is 0 Å². The van der Waals surface area contributed by atoms with Gasteiger partial charge in [-0.15, -0.1) is 22.9 Å². The maximum absolute atomic E-state index is 6.12. The SMILES string of the molecule is CC(C)C1CCN(c2nc3sccn3c2CCl)CC1. The van der Waals surface area contributed by atoms with Gasteiger partial charge in [0.15, 0.2) is 10.8 Å². The molecule has 104 valence electrons. The molecule has 3 nitrogen and oxygen atoms in total. The molecule has 2 aromatic rings. The highest BCUT2D eigenvalue weighted by Gasteiger charge is 2.25. The van der Waals surface area contributed by atoms with Crippen LogP contribution in [0.1, 0.15) is 32.4 Å². The number of piperidine rings is 1. The van der Waals surface area contributed by atoms with Crippen LogP contribution in [-0.4, -0.2) is 22.5 Å². The van der Waals surface area contributed by atoms with Crippen LogP contribution in [0.4, 0.5) is 5.82 Å². The highest BCUT2D eigenvalue weighted by Crippen LogP contribution is 2.31. The first kappa shape index (κ1) is 13.3. The summed E-state index contributed by atoms with van der Waals surface area (Å²) in [5, 5.41) is 2.06. The largest absolute Gasteiger partial charge is 0.355 e. The lowest BCUT2D eigenvalue weighted by Gasteiger charge is -2.34. The molecule has 2 aromatic heterocycles. The number of halogens is 1. The second kappa shape index (κ2) is 5.33. The van der Waals surface area contributed by atoms with Crippen molar-refractivity contribution in [2.24, 2.45) is 11.8 Å². The lowest BCUT2D eigenvalue weighted by Crippen LogP contribution is -2.36. The van der Waals surface area contributed by atoms with Gasteiger partial charge in [-0.3, -0.25) is 4.40 Å². The summed E-state index contributed by atoms with van der Waals surface area (Å²) < 4.78 is 2.13. The fourth-order valence-corrected chi connectivity index (χ4v) is 3.95. The van der Waals surface area contributed by atoms with E-state index in [2.05, 4.69) is 34.7 Å². The Labute approximate surface area is 123 Å². The van der Waals surface area contributed by atoms with Gasteiger partial charge >= 0.3 is 0 Å². The molecule has 0 radical (unpaired) electrons. The molecule has 1 saturated heterocycles. The molecule has 1 aliphatic rings. The van der Waals surface area contributed by atoms with Crippen LogP contribution in [0.25, 0.3) is 4.96 Å². The summed E-state index contributed by atoms with van der Waals surface area (Å²) >= 11 is 7.80. The van der Waals surface area contributed by atoms with E-state index in [-0.39, 0.29) is 0 Å². The van der Waals surface area contributed by atoms with Crippen LogP contribution in [0.5, 0.6) is 0 Å². The average molecular weight is 298 g/mol. The Kier molecular flexibility index (Phi) is 3.72. The summed E-state index contributed by atoms with van der Waals surface area (Å²) in [5.41, 5.74) is 1.14. The van der Waals surface area contributed by atoms with Gasteiger partial charge in [0.1, 0.15) is 0 Å². The van der Waals surface area contributed by atoms with Crippen molar-refractivity contribution in [1.82, 2.24) is 9.38 Å². The van der Waals surface area contributed by atoms with E-state index in [9.17, 15) is 0 Å². The molecule has 0 saturated carbocycles. The van der Waals surface area contributed by atoms with Crippen molar-refractivity contribution in [3.8, 4) is 0 Å². The van der Waals surface area contributed by atoms with Gasteiger partial charge in [0, 0.05) is 24.7 Å². The normalized spacial score (nSPS) is 17.8. The quantitative estimate of drug-likeness (QED) is 0.798. The van der Waals surface area contributed by atoms with Gasteiger partial charge in [0.05, 0.1) is 11.6 Å². The predicted octanol–water partition coefficient (Wildman–Crippen LogP) is 4.01. The van der Waals surface area contributed by atoms with E-state index in [4.69, 9.17) is 16.6 Å². The zero-order valence-electron chi connectivity index (χ0n) is 11.5. The number of hydrogen-bond donors (Lipinski definition) is 0. The number of anilines is 1. The monoisotopic (exact) mass is 297 g/mol. The number of imidazole rings is 1. The van der Waals surface area contributed by atoms with E-state index in [0.717, 1.165) is 41.4 Å². The summed E-state index contributed by atoms with van der Waals surface area (Å²) in [7, 11) is 0. The van der Waals surface area contributed by atoms with Gasteiger partial charge in [0.2, 0.25) is 0 Å².